The van der Waals surface area contributed by atoms with E-state index in [-0.39, 0.29) is 17.4 Å². The molecule has 0 radical (unpaired) electrons. The SMILES string of the molecule is C[C@@]12c3cc(O)c(O)cc3CCN1C(=O)c1ccccc12. The standard InChI is InChI=1S/C17H15NO3/c1-17-12-5-3-2-4-11(12)16(21)18(17)7-6-10-8-14(19)15(20)9-13(10)17/h2-5,8-9,19-20H,6-7H2,1H3/t17-/m1/s1. The lowest BCUT2D eigenvalue weighted by molar-refractivity contribution is 0.0630. The van der Waals surface area contributed by atoms with Gasteiger partial charge in [-0.05, 0) is 48.2 Å². The fraction of sp³-hybridized carbons (Fsp3) is 0.235. The normalized spacial score (nSPS) is 22.7. The average Bonchev–Trinajstić information content (AvgIpc) is 2.71. The molecule has 4 nitrogen and oxygen atoms in total. The lowest BCUT2D eigenvalue weighted by atomic mass is 9.78. The summed E-state index contributed by atoms with van der Waals surface area (Å²) in [5.74, 6) is -0.219. The highest BCUT2D eigenvalue weighted by Crippen LogP contribution is 2.49. The Bertz CT molecular complexity index is 784. The molecule has 2 aromatic rings. The van der Waals surface area contributed by atoms with E-state index in [4.69, 9.17) is 0 Å². The molecule has 0 aromatic heterocycles. The number of hydrogen-bond donors (Lipinski definition) is 2. The number of phenolic OH excluding ortho intramolecular Hbond substituents is 2. The van der Waals surface area contributed by atoms with E-state index < -0.39 is 5.54 Å². The molecule has 2 N–H and O–H groups in total. The van der Waals surface area contributed by atoms with Crippen LogP contribution >= 0.6 is 0 Å². The van der Waals surface area contributed by atoms with Crippen LogP contribution in [0.2, 0.25) is 0 Å². The van der Waals surface area contributed by atoms with Gasteiger partial charge in [0.05, 0.1) is 5.54 Å². The molecule has 106 valence electrons. The predicted octanol–water partition coefficient (Wildman–Crippen LogP) is 2.37. The Morgan fingerprint density at radius 2 is 1.81 bits per heavy atom. The maximum Gasteiger partial charge on any atom is 0.255 e. The van der Waals surface area contributed by atoms with Gasteiger partial charge < -0.3 is 15.1 Å². The van der Waals surface area contributed by atoms with E-state index in [9.17, 15) is 15.0 Å². The molecule has 2 aromatic carbocycles. The van der Waals surface area contributed by atoms with Crippen molar-refractivity contribution in [2.45, 2.75) is 18.9 Å². The molecular formula is C17H15NO3. The molecule has 2 heterocycles. The van der Waals surface area contributed by atoms with Gasteiger partial charge in [0.25, 0.3) is 5.91 Å². The van der Waals surface area contributed by atoms with Gasteiger partial charge in [0.1, 0.15) is 0 Å². The van der Waals surface area contributed by atoms with Crippen molar-refractivity contribution in [2.24, 2.45) is 0 Å². The van der Waals surface area contributed by atoms with Crippen LogP contribution in [0.5, 0.6) is 11.5 Å². The van der Waals surface area contributed by atoms with Gasteiger partial charge in [-0.15, -0.1) is 0 Å². The molecule has 0 aliphatic carbocycles. The zero-order chi connectivity index (χ0) is 14.8. The fourth-order valence-electron chi connectivity index (χ4n) is 3.72. The monoisotopic (exact) mass is 281 g/mol. The van der Waals surface area contributed by atoms with E-state index >= 15 is 0 Å². The molecule has 1 amide bonds. The predicted molar refractivity (Wildman–Crippen MR) is 77.4 cm³/mol. The van der Waals surface area contributed by atoms with Crippen molar-refractivity contribution in [3.8, 4) is 11.5 Å². The van der Waals surface area contributed by atoms with E-state index in [1.54, 1.807) is 12.1 Å². The second kappa shape index (κ2) is 3.79. The first kappa shape index (κ1) is 12.3. The van der Waals surface area contributed by atoms with Gasteiger partial charge in [-0.25, -0.2) is 0 Å². The van der Waals surface area contributed by atoms with E-state index in [0.29, 0.717) is 13.0 Å². The number of fused-ring (bicyclic) bond motifs is 5. The molecule has 2 aliphatic rings. The van der Waals surface area contributed by atoms with Crippen LogP contribution in [-0.4, -0.2) is 27.6 Å². The van der Waals surface area contributed by atoms with Crippen LogP contribution in [0.4, 0.5) is 0 Å². The molecule has 1 atom stereocenters. The Hall–Kier alpha value is -2.49. The number of nitrogens with zero attached hydrogens (tertiary/aromatic N) is 1. The number of amides is 1. The summed E-state index contributed by atoms with van der Waals surface area (Å²) in [7, 11) is 0. The molecular weight excluding hydrogens is 266 g/mol. The van der Waals surface area contributed by atoms with Gasteiger partial charge in [-0.1, -0.05) is 18.2 Å². The summed E-state index contributed by atoms with van der Waals surface area (Å²) >= 11 is 0. The number of rotatable bonds is 0. The first-order valence-corrected chi connectivity index (χ1v) is 7.00. The summed E-state index contributed by atoms with van der Waals surface area (Å²) in [5.41, 5.74) is 2.98. The molecule has 0 saturated carbocycles. The van der Waals surface area contributed by atoms with Crippen LogP contribution in [0.25, 0.3) is 0 Å². The summed E-state index contributed by atoms with van der Waals surface area (Å²) in [6.07, 6.45) is 0.679. The van der Waals surface area contributed by atoms with E-state index in [2.05, 4.69) is 0 Å². The van der Waals surface area contributed by atoms with Gasteiger partial charge in [-0.2, -0.15) is 0 Å². The molecule has 0 unspecified atom stereocenters. The third-order valence-electron chi connectivity index (χ3n) is 4.80. The van der Waals surface area contributed by atoms with Crippen molar-refractivity contribution in [1.29, 1.82) is 0 Å². The van der Waals surface area contributed by atoms with Crippen molar-refractivity contribution >= 4 is 5.91 Å². The molecule has 21 heavy (non-hydrogen) atoms. The van der Waals surface area contributed by atoms with Gasteiger partial charge in [0.2, 0.25) is 0 Å². The summed E-state index contributed by atoms with van der Waals surface area (Å²) in [6.45, 7) is 2.62. The Balaban J connectivity index is 2.04. The second-order valence-corrected chi connectivity index (χ2v) is 5.82. The number of aromatic hydroxyl groups is 2. The largest absolute Gasteiger partial charge is 0.504 e. The Kier molecular flexibility index (Phi) is 2.21. The molecule has 4 rings (SSSR count). The van der Waals surface area contributed by atoms with Crippen LogP contribution in [-0.2, 0) is 12.0 Å². The van der Waals surface area contributed by atoms with Crippen LogP contribution in [0, 0.1) is 0 Å². The van der Waals surface area contributed by atoms with E-state index in [1.165, 1.54) is 0 Å². The highest BCUT2D eigenvalue weighted by Gasteiger charge is 2.50. The van der Waals surface area contributed by atoms with Gasteiger partial charge in [0.15, 0.2) is 11.5 Å². The van der Waals surface area contributed by atoms with Crippen molar-refractivity contribution in [2.75, 3.05) is 6.54 Å². The Labute approximate surface area is 122 Å². The lowest BCUT2D eigenvalue weighted by Crippen LogP contribution is -2.47. The highest BCUT2D eigenvalue weighted by molar-refractivity contribution is 6.01. The summed E-state index contributed by atoms with van der Waals surface area (Å²) in [5, 5.41) is 19.6. The molecule has 4 heteroatoms. The van der Waals surface area contributed by atoms with Gasteiger partial charge in [-0.3, -0.25) is 4.79 Å². The quantitative estimate of drug-likeness (QED) is 0.729. The Morgan fingerprint density at radius 1 is 1.10 bits per heavy atom. The van der Waals surface area contributed by atoms with Gasteiger partial charge in [0, 0.05) is 12.1 Å². The van der Waals surface area contributed by atoms with Crippen molar-refractivity contribution in [3.05, 3.63) is 58.7 Å². The minimum absolute atomic E-state index is 0.0336. The first-order valence-electron chi connectivity index (χ1n) is 7.00. The topological polar surface area (TPSA) is 60.8 Å². The number of carbonyl (C=O) groups excluding carboxylic acids is 1. The van der Waals surface area contributed by atoms with E-state index in [0.717, 1.165) is 22.3 Å². The number of hydrogen-bond acceptors (Lipinski definition) is 3. The number of benzene rings is 2. The summed E-state index contributed by atoms with van der Waals surface area (Å²) < 4.78 is 0. The van der Waals surface area contributed by atoms with Crippen LogP contribution in [0.1, 0.15) is 34.0 Å². The zero-order valence-electron chi connectivity index (χ0n) is 11.6. The van der Waals surface area contributed by atoms with Gasteiger partial charge >= 0.3 is 0 Å². The van der Waals surface area contributed by atoms with Crippen molar-refractivity contribution < 1.29 is 15.0 Å². The number of phenols is 2. The Morgan fingerprint density at radius 3 is 2.62 bits per heavy atom. The number of carbonyl (C=O) groups is 1. The van der Waals surface area contributed by atoms with Crippen LogP contribution < -0.4 is 0 Å². The average molecular weight is 281 g/mol. The maximum atomic E-state index is 12.6. The first-order chi connectivity index (χ1) is 10.0. The lowest BCUT2D eigenvalue weighted by Gasteiger charge is -2.42. The zero-order valence-corrected chi connectivity index (χ0v) is 11.6. The highest BCUT2D eigenvalue weighted by atomic mass is 16.3. The molecule has 0 fully saturated rings. The third kappa shape index (κ3) is 1.37. The smallest absolute Gasteiger partial charge is 0.255 e. The molecule has 2 aliphatic heterocycles. The van der Waals surface area contributed by atoms with Crippen LogP contribution in [0.3, 0.4) is 0 Å². The molecule has 0 bridgehead atoms. The minimum Gasteiger partial charge on any atom is -0.504 e. The fourth-order valence-corrected chi connectivity index (χ4v) is 3.72. The molecule has 0 saturated heterocycles. The summed E-state index contributed by atoms with van der Waals surface area (Å²) in [6, 6.07) is 10.8. The third-order valence-corrected chi connectivity index (χ3v) is 4.80. The minimum atomic E-state index is -0.577. The maximum absolute atomic E-state index is 12.6. The van der Waals surface area contributed by atoms with Crippen molar-refractivity contribution in [1.82, 2.24) is 4.90 Å². The second-order valence-electron chi connectivity index (χ2n) is 5.82. The van der Waals surface area contributed by atoms with E-state index in [1.807, 2.05) is 36.1 Å². The molecule has 0 spiro atoms. The van der Waals surface area contributed by atoms with Crippen LogP contribution in [0.15, 0.2) is 36.4 Å². The van der Waals surface area contributed by atoms with Crippen molar-refractivity contribution in [3.63, 3.8) is 0 Å². The summed E-state index contributed by atoms with van der Waals surface area (Å²) in [4.78, 5) is 14.5.